The quantitative estimate of drug-likeness (QED) is 0.687. The maximum atomic E-state index is 11.7. The summed E-state index contributed by atoms with van der Waals surface area (Å²) in [6, 6.07) is 5.24. The van der Waals surface area contributed by atoms with Crippen LogP contribution in [-0.4, -0.2) is 15.8 Å². The lowest BCUT2D eigenvalue weighted by Crippen LogP contribution is -2.14. The van der Waals surface area contributed by atoms with Crippen LogP contribution in [0.3, 0.4) is 0 Å². The fourth-order valence-electron chi connectivity index (χ4n) is 1.57. The number of thiophene rings is 1. The molecule has 0 bridgehead atoms. The summed E-state index contributed by atoms with van der Waals surface area (Å²) in [6.07, 6.45) is 1.42. The second-order valence-corrected chi connectivity index (χ2v) is 4.95. The Kier molecular flexibility index (Phi) is 3.86. The number of pyridine rings is 1. The Bertz CT molecular complexity index is 611. The fourth-order valence-corrected chi connectivity index (χ4v) is 2.27. The maximum Gasteiger partial charge on any atom is 0.290 e. The standard InChI is InChI=1S/C12H11N3O3S/c1-8-5-11(13-7-10(8)15(17)18)14-12(16)6-9-3-2-4-19-9/h2-5,7H,6H2,1H3,(H,13,14,16). The number of amides is 1. The number of nitro groups is 1. The molecule has 0 saturated carbocycles. The Morgan fingerprint density at radius 3 is 2.95 bits per heavy atom. The van der Waals surface area contributed by atoms with E-state index < -0.39 is 4.92 Å². The molecule has 2 aromatic rings. The predicted octanol–water partition coefficient (Wildman–Crippen LogP) is 2.54. The number of carbonyl (C=O) groups is 1. The van der Waals surface area contributed by atoms with Crippen LogP contribution in [0.15, 0.2) is 29.8 Å². The molecule has 1 amide bonds. The summed E-state index contributed by atoms with van der Waals surface area (Å²) in [4.78, 5) is 26.7. The average molecular weight is 277 g/mol. The van der Waals surface area contributed by atoms with E-state index in [1.807, 2.05) is 17.5 Å². The number of hydrogen-bond donors (Lipinski definition) is 1. The molecule has 0 unspecified atom stereocenters. The molecule has 0 aromatic carbocycles. The molecule has 1 N–H and O–H groups in total. The number of aryl methyl sites for hydroxylation is 1. The Hall–Kier alpha value is -2.28. The van der Waals surface area contributed by atoms with Gasteiger partial charge in [0, 0.05) is 10.4 Å². The van der Waals surface area contributed by atoms with Gasteiger partial charge in [-0.25, -0.2) is 4.98 Å². The van der Waals surface area contributed by atoms with Crippen molar-refractivity contribution in [2.75, 3.05) is 5.32 Å². The molecule has 0 aliphatic heterocycles. The fraction of sp³-hybridized carbons (Fsp3) is 0.167. The van der Waals surface area contributed by atoms with E-state index in [2.05, 4.69) is 10.3 Å². The van der Waals surface area contributed by atoms with E-state index >= 15 is 0 Å². The van der Waals surface area contributed by atoms with Crippen molar-refractivity contribution in [3.05, 3.63) is 50.3 Å². The molecule has 0 fully saturated rings. The zero-order valence-corrected chi connectivity index (χ0v) is 10.9. The van der Waals surface area contributed by atoms with Crippen LogP contribution in [0.2, 0.25) is 0 Å². The topological polar surface area (TPSA) is 85.1 Å². The minimum atomic E-state index is -0.500. The highest BCUT2D eigenvalue weighted by molar-refractivity contribution is 7.10. The van der Waals surface area contributed by atoms with Gasteiger partial charge in [-0.15, -0.1) is 11.3 Å². The molecule has 0 aliphatic carbocycles. The molecule has 0 aliphatic rings. The number of rotatable bonds is 4. The number of nitrogens with zero attached hydrogens (tertiary/aromatic N) is 2. The van der Waals surface area contributed by atoms with Crippen LogP contribution >= 0.6 is 11.3 Å². The van der Waals surface area contributed by atoms with E-state index in [1.165, 1.54) is 17.4 Å². The SMILES string of the molecule is Cc1cc(NC(=O)Cc2cccs2)ncc1[N+](=O)[O-]. The number of anilines is 1. The molecule has 19 heavy (non-hydrogen) atoms. The molecule has 98 valence electrons. The summed E-state index contributed by atoms with van der Waals surface area (Å²) in [5.74, 6) is 0.132. The zero-order valence-electron chi connectivity index (χ0n) is 10.1. The van der Waals surface area contributed by atoms with Gasteiger partial charge in [0.2, 0.25) is 5.91 Å². The average Bonchev–Trinajstić information content (AvgIpc) is 2.81. The molecule has 2 heterocycles. The lowest BCUT2D eigenvalue weighted by molar-refractivity contribution is -0.385. The molecule has 0 atom stereocenters. The van der Waals surface area contributed by atoms with Gasteiger partial charge in [-0.2, -0.15) is 0 Å². The van der Waals surface area contributed by atoms with Crippen molar-refractivity contribution in [3.63, 3.8) is 0 Å². The smallest absolute Gasteiger partial charge is 0.290 e. The van der Waals surface area contributed by atoms with E-state index in [9.17, 15) is 14.9 Å². The zero-order chi connectivity index (χ0) is 13.8. The first-order valence-corrected chi connectivity index (χ1v) is 6.37. The summed E-state index contributed by atoms with van der Waals surface area (Å²) < 4.78 is 0. The van der Waals surface area contributed by atoms with Crippen LogP contribution < -0.4 is 5.32 Å². The first kappa shape index (κ1) is 13.2. The molecule has 2 aromatic heterocycles. The molecule has 0 saturated heterocycles. The third kappa shape index (κ3) is 3.35. The molecule has 0 radical (unpaired) electrons. The second kappa shape index (κ2) is 5.57. The van der Waals surface area contributed by atoms with Crippen molar-refractivity contribution >= 4 is 28.7 Å². The number of carbonyl (C=O) groups excluding carboxylic acids is 1. The minimum Gasteiger partial charge on any atom is -0.310 e. The van der Waals surface area contributed by atoms with Gasteiger partial charge in [0.05, 0.1) is 11.3 Å². The van der Waals surface area contributed by atoms with E-state index in [0.717, 1.165) is 11.1 Å². The van der Waals surface area contributed by atoms with Crippen LogP contribution in [0.25, 0.3) is 0 Å². The van der Waals surface area contributed by atoms with Crippen LogP contribution in [-0.2, 0) is 11.2 Å². The maximum absolute atomic E-state index is 11.7. The van der Waals surface area contributed by atoms with Crippen molar-refractivity contribution in [1.29, 1.82) is 0 Å². The van der Waals surface area contributed by atoms with E-state index in [4.69, 9.17) is 0 Å². The van der Waals surface area contributed by atoms with Crippen LogP contribution in [0.1, 0.15) is 10.4 Å². The highest BCUT2D eigenvalue weighted by atomic mass is 32.1. The number of aromatic nitrogens is 1. The summed E-state index contributed by atoms with van der Waals surface area (Å²) in [7, 11) is 0. The third-order valence-electron chi connectivity index (χ3n) is 2.46. The molecule has 6 nitrogen and oxygen atoms in total. The number of nitrogens with one attached hydrogen (secondary N) is 1. The first-order valence-electron chi connectivity index (χ1n) is 5.49. The van der Waals surface area contributed by atoms with Crippen LogP contribution in [0, 0.1) is 17.0 Å². The Balaban J connectivity index is 2.05. The van der Waals surface area contributed by atoms with Crippen molar-refractivity contribution in [1.82, 2.24) is 4.98 Å². The Morgan fingerprint density at radius 1 is 1.58 bits per heavy atom. The van der Waals surface area contributed by atoms with Gasteiger partial charge >= 0.3 is 0 Å². The van der Waals surface area contributed by atoms with Crippen LogP contribution in [0.4, 0.5) is 11.5 Å². The summed E-state index contributed by atoms with van der Waals surface area (Å²) in [5, 5.41) is 15.2. The van der Waals surface area contributed by atoms with Crippen molar-refractivity contribution < 1.29 is 9.72 Å². The third-order valence-corrected chi connectivity index (χ3v) is 3.34. The molecule has 7 heteroatoms. The van der Waals surface area contributed by atoms with Gasteiger partial charge < -0.3 is 5.32 Å². The van der Waals surface area contributed by atoms with Gasteiger partial charge in [0.25, 0.3) is 5.69 Å². The molecule has 0 spiro atoms. The normalized spacial score (nSPS) is 10.2. The molecular formula is C12H11N3O3S. The van der Waals surface area contributed by atoms with Crippen LogP contribution in [0.5, 0.6) is 0 Å². The Labute approximate surface area is 113 Å². The Morgan fingerprint density at radius 2 is 2.37 bits per heavy atom. The van der Waals surface area contributed by atoms with Crippen molar-refractivity contribution in [2.24, 2.45) is 0 Å². The largest absolute Gasteiger partial charge is 0.310 e. The van der Waals surface area contributed by atoms with Gasteiger partial charge in [0.15, 0.2) is 0 Å². The first-order chi connectivity index (χ1) is 9.06. The highest BCUT2D eigenvalue weighted by Gasteiger charge is 2.13. The molecular weight excluding hydrogens is 266 g/mol. The molecule has 2 rings (SSSR count). The monoisotopic (exact) mass is 277 g/mol. The summed E-state index contributed by atoms with van der Waals surface area (Å²) in [6.45, 7) is 1.61. The van der Waals surface area contributed by atoms with Gasteiger partial charge in [-0.1, -0.05) is 6.07 Å². The second-order valence-electron chi connectivity index (χ2n) is 3.92. The van der Waals surface area contributed by atoms with Gasteiger partial charge in [-0.05, 0) is 24.4 Å². The van der Waals surface area contributed by atoms with Gasteiger partial charge in [-0.3, -0.25) is 14.9 Å². The number of hydrogen-bond acceptors (Lipinski definition) is 5. The van der Waals surface area contributed by atoms with E-state index in [-0.39, 0.29) is 18.0 Å². The highest BCUT2D eigenvalue weighted by Crippen LogP contribution is 2.19. The van der Waals surface area contributed by atoms with E-state index in [0.29, 0.717) is 11.4 Å². The minimum absolute atomic E-state index is 0.0590. The van der Waals surface area contributed by atoms with Gasteiger partial charge in [0.1, 0.15) is 12.0 Å². The lowest BCUT2D eigenvalue weighted by atomic mass is 10.2. The predicted molar refractivity (Wildman–Crippen MR) is 72.3 cm³/mol. The van der Waals surface area contributed by atoms with Crippen molar-refractivity contribution in [3.8, 4) is 0 Å². The summed E-state index contributed by atoms with van der Waals surface area (Å²) in [5.41, 5.74) is 0.405. The lowest BCUT2D eigenvalue weighted by Gasteiger charge is -2.04. The van der Waals surface area contributed by atoms with E-state index in [1.54, 1.807) is 6.92 Å². The summed E-state index contributed by atoms with van der Waals surface area (Å²) >= 11 is 1.50. The van der Waals surface area contributed by atoms with Crippen molar-refractivity contribution in [2.45, 2.75) is 13.3 Å².